The first-order chi connectivity index (χ1) is 13.4. The van der Waals surface area contributed by atoms with Gasteiger partial charge in [0.15, 0.2) is 0 Å². The van der Waals surface area contributed by atoms with E-state index < -0.39 is 5.97 Å². The summed E-state index contributed by atoms with van der Waals surface area (Å²) in [6.45, 7) is 3.83. The van der Waals surface area contributed by atoms with Crippen LogP contribution in [0, 0.1) is 0 Å². The van der Waals surface area contributed by atoms with Gasteiger partial charge in [-0.15, -0.1) is 11.8 Å². The Labute approximate surface area is 168 Å². The van der Waals surface area contributed by atoms with Gasteiger partial charge in [0.2, 0.25) is 11.8 Å². The van der Waals surface area contributed by atoms with Gasteiger partial charge in [0.05, 0.1) is 10.8 Å². The fourth-order valence-corrected chi connectivity index (χ4v) is 3.33. The highest BCUT2D eigenvalue weighted by Gasteiger charge is 2.15. The third kappa shape index (κ3) is 6.74. The Bertz CT molecular complexity index is 837. The Kier molecular flexibility index (Phi) is 8.07. The van der Waals surface area contributed by atoms with E-state index >= 15 is 0 Å². The second kappa shape index (κ2) is 10.5. The molecule has 7 heteroatoms. The van der Waals surface area contributed by atoms with Crippen LogP contribution in [0.2, 0.25) is 0 Å². The minimum absolute atomic E-state index is 0.0143. The minimum atomic E-state index is -1.01. The number of carboxylic acid groups (broad SMARTS) is 1. The first kappa shape index (κ1) is 21.5. The lowest BCUT2D eigenvalue weighted by Crippen LogP contribution is -2.22. The van der Waals surface area contributed by atoms with Crippen LogP contribution in [0.3, 0.4) is 0 Å². The van der Waals surface area contributed by atoms with Gasteiger partial charge in [-0.25, -0.2) is 4.79 Å². The molecular weight excluding hydrogens is 376 g/mol. The lowest BCUT2D eigenvalue weighted by Gasteiger charge is -2.13. The zero-order chi connectivity index (χ0) is 20.5. The van der Waals surface area contributed by atoms with Crippen molar-refractivity contribution in [2.45, 2.75) is 43.3 Å². The number of benzene rings is 2. The summed E-state index contributed by atoms with van der Waals surface area (Å²) in [5.41, 5.74) is 1.42. The molecule has 0 aliphatic carbocycles. The predicted octanol–water partition coefficient (Wildman–Crippen LogP) is 4.63. The number of rotatable bonds is 9. The molecule has 0 saturated carbocycles. The fourth-order valence-electron chi connectivity index (χ4n) is 2.41. The second-order valence-corrected chi connectivity index (χ2v) is 7.73. The smallest absolute Gasteiger partial charge is 0.335 e. The summed E-state index contributed by atoms with van der Waals surface area (Å²) in [7, 11) is 0. The SMILES string of the molecule is CCCCC(=O)Nc1cccc(SC(C)C(=O)Nc2ccc(C(=O)O)cc2)c1. The van der Waals surface area contributed by atoms with Crippen molar-refractivity contribution in [2.75, 3.05) is 10.6 Å². The standard InChI is InChI=1S/C21H24N2O4S/c1-3-4-8-19(24)22-17-6-5-7-18(13-17)28-14(2)20(25)23-16-11-9-15(10-12-16)21(26)27/h5-7,9-14H,3-4,8H2,1-2H3,(H,22,24)(H,23,25)(H,26,27). The van der Waals surface area contributed by atoms with E-state index in [1.165, 1.54) is 23.9 Å². The van der Waals surface area contributed by atoms with Crippen LogP contribution in [-0.2, 0) is 9.59 Å². The van der Waals surface area contributed by atoms with E-state index in [0.717, 1.165) is 17.7 Å². The number of carbonyl (C=O) groups is 3. The molecule has 0 fully saturated rings. The van der Waals surface area contributed by atoms with Crippen molar-refractivity contribution in [3.05, 3.63) is 54.1 Å². The van der Waals surface area contributed by atoms with Crippen molar-refractivity contribution < 1.29 is 19.5 Å². The molecule has 28 heavy (non-hydrogen) atoms. The molecule has 2 aromatic rings. The van der Waals surface area contributed by atoms with Gasteiger partial charge >= 0.3 is 5.97 Å². The largest absolute Gasteiger partial charge is 0.478 e. The van der Waals surface area contributed by atoms with Gasteiger partial charge in [0.25, 0.3) is 0 Å². The van der Waals surface area contributed by atoms with Crippen LogP contribution in [0.15, 0.2) is 53.4 Å². The first-order valence-electron chi connectivity index (χ1n) is 9.10. The number of unbranched alkanes of at least 4 members (excludes halogenated alkanes) is 1. The number of amides is 2. The number of nitrogens with one attached hydrogen (secondary N) is 2. The van der Waals surface area contributed by atoms with Gasteiger partial charge in [-0.05, 0) is 55.8 Å². The Morgan fingerprint density at radius 3 is 2.39 bits per heavy atom. The first-order valence-corrected chi connectivity index (χ1v) is 9.97. The molecule has 0 heterocycles. The normalized spacial score (nSPS) is 11.5. The van der Waals surface area contributed by atoms with Crippen molar-refractivity contribution in [1.29, 1.82) is 0 Å². The third-order valence-corrected chi connectivity index (χ3v) is 5.05. The van der Waals surface area contributed by atoms with Gasteiger partial charge in [-0.1, -0.05) is 19.4 Å². The summed E-state index contributed by atoms with van der Waals surface area (Å²) in [5.74, 6) is -1.21. The maximum absolute atomic E-state index is 12.4. The Morgan fingerprint density at radius 1 is 1.04 bits per heavy atom. The molecule has 1 atom stereocenters. The van der Waals surface area contributed by atoms with Gasteiger partial charge < -0.3 is 15.7 Å². The molecule has 0 aromatic heterocycles. The van der Waals surface area contributed by atoms with Gasteiger partial charge in [0, 0.05) is 22.7 Å². The van der Waals surface area contributed by atoms with Gasteiger partial charge in [-0.2, -0.15) is 0 Å². The quantitative estimate of drug-likeness (QED) is 0.533. The minimum Gasteiger partial charge on any atom is -0.478 e. The van der Waals surface area contributed by atoms with Crippen molar-refractivity contribution in [3.8, 4) is 0 Å². The highest BCUT2D eigenvalue weighted by Crippen LogP contribution is 2.27. The molecule has 0 radical (unpaired) electrons. The van der Waals surface area contributed by atoms with Crippen LogP contribution in [0.4, 0.5) is 11.4 Å². The predicted molar refractivity (Wildman–Crippen MR) is 112 cm³/mol. The molecule has 3 N–H and O–H groups in total. The Balaban J connectivity index is 1.93. The zero-order valence-corrected chi connectivity index (χ0v) is 16.7. The second-order valence-electron chi connectivity index (χ2n) is 6.31. The van der Waals surface area contributed by atoms with E-state index in [9.17, 15) is 14.4 Å². The van der Waals surface area contributed by atoms with E-state index in [1.54, 1.807) is 19.1 Å². The number of anilines is 2. The average Bonchev–Trinajstić information content (AvgIpc) is 2.67. The van der Waals surface area contributed by atoms with Gasteiger partial charge in [-0.3, -0.25) is 9.59 Å². The number of carbonyl (C=O) groups excluding carboxylic acids is 2. The summed E-state index contributed by atoms with van der Waals surface area (Å²) in [5, 5.41) is 14.2. The molecule has 148 valence electrons. The van der Waals surface area contributed by atoms with E-state index in [4.69, 9.17) is 5.11 Å². The molecular formula is C21H24N2O4S. The van der Waals surface area contributed by atoms with E-state index in [0.29, 0.717) is 17.8 Å². The summed E-state index contributed by atoms with van der Waals surface area (Å²) >= 11 is 1.38. The van der Waals surface area contributed by atoms with E-state index in [-0.39, 0.29) is 22.6 Å². The van der Waals surface area contributed by atoms with Crippen LogP contribution < -0.4 is 10.6 Å². The fraction of sp³-hybridized carbons (Fsp3) is 0.286. The average molecular weight is 401 g/mol. The summed E-state index contributed by atoms with van der Waals surface area (Å²) < 4.78 is 0. The highest BCUT2D eigenvalue weighted by atomic mass is 32.2. The molecule has 6 nitrogen and oxygen atoms in total. The molecule has 1 unspecified atom stereocenters. The van der Waals surface area contributed by atoms with Crippen LogP contribution in [0.5, 0.6) is 0 Å². The monoisotopic (exact) mass is 400 g/mol. The summed E-state index contributed by atoms with van der Waals surface area (Å²) in [6, 6.07) is 13.4. The van der Waals surface area contributed by atoms with Crippen LogP contribution in [0.25, 0.3) is 0 Å². The topological polar surface area (TPSA) is 95.5 Å². The number of thioether (sulfide) groups is 1. The number of hydrogen-bond donors (Lipinski definition) is 3. The molecule has 0 aliphatic heterocycles. The number of aromatic carboxylic acids is 1. The van der Waals surface area contributed by atoms with E-state index in [2.05, 4.69) is 10.6 Å². The number of carboxylic acids is 1. The lowest BCUT2D eigenvalue weighted by molar-refractivity contribution is -0.116. The van der Waals surface area contributed by atoms with Crippen LogP contribution in [-0.4, -0.2) is 28.1 Å². The van der Waals surface area contributed by atoms with E-state index in [1.807, 2.05) is 31.2 Å². The van der Waals surface area contributed by atoms with Crippen LogP contribution in [0.1, 0.15) is 43.5 Å². The molecule has 2 rings (SSSR count). The molecule has 0 saturated heterocycles. The maximum Gasteiger partial charge on any atom is 0.335 e. The third-order valence-electron chi connectivity index (χ3n) is 3.96. The zero-order valence-electron chi connectivity index (χ0n) is 15.9. The Morgan fingerprint density at radius 2 is 1.75 bits per heavy atom. The highest BCUT2D eigenvalue weighted by molar-refractivity contribution is 8.00. The van der Waals surface area contributed by atoms with Crippen LogP contribution >= 0.6 is 11.8 Å². The molecule has 2 aromatic carbocycles. The lowest BCUT2D eigenvalue weighted by atomic mass is 10.2. The van der Waals surface area contributed by atoms with Crippen molar-refractivity contribution in [2.24, 2.45) is 0 Å². The van der Waals surface area contributed by atoms with Crippen molar-refractivity contribution >= 4 is 40.9 Å². The molecule has 0 spiro atoms. The number of hydrogen-bond acceptors (Lipinski definition) is 4. The Hall–Kier alpha value is -2.80. The molecule has 0 aliphatic rings. The van der Waals surface area contributed by atoms with Gasteiger partial charge in [0.1, 0.15) is 0 Å². The van der Waals surface area contributed by atoms with Crippen molar-refractivity contribution in [1.82, 2.24) is 0 Å². The molecule has 2 amide bonds. The maximum atomic E-state index is 12.4. The molecule has 0 bridgehead atoms. The van der Waals surface area contributed by atoms with Crippen molar-refractivity contribution in [3.63, 3.8) is 0 Å². The summed E-state index contributed by atoms with van der Waals surface area (Å²) in [4.78, 5) is 36.0. The summed E-state index contributed by atoms with van der Waals surface area (Å²) in [6.07, 6.45) is 2.31.